The van der Waals surface area contributed by atoms with Gasteiger partial charge in [0.2, 0.25) is 0 Å². The molecule has 1 aliphatic heterocycles. The molecule has 37 heavy (non-hydrogen) atoms. The topological polar surface area (TPSA) is 122 Å². The maximum atomic E-state index is 10.6. The van der Waals surface area contributed by atoms with Crippen LogP contribution in [0.2, 0.25) is 0 Å². The predicted octanol–water partition coefficient (Wildman–Crippen LogP) is 3.75. The first kappa shape index (κ1) is 30.4. The minimum atomic E-state index is -5.08. The molecule has 9 nitrogen and oxygen atoms in total. The number of fused-ring (bicyclic) bond motifs is 1. The summed E-state index contributed by atoms with van der Waals surface area (Å²) in [6, 6.07) is 4.46. The number of aliphatic carboxylic acids is 2. The SMILES string of the molecule is O=C(O)C(F)(F)F.O=C(O)C(F)(F)F.c1cc(CO[C@H]2CC[C@H]3[C@H]2OCCN3Cc2nccs2)ccn1. The lowest BCUT2D eigenvalue weighted by molar-refractivity contribution is -0.193. The molecule has 1 saturated carbocycles. The Morgan fingerprint density at radius 3 is 2.16 bits per heavy atom. The summed E-state index contributed by atoms with van der Waals surface area (Å²) < 4.78 is 75.7. The molecule has 1 aliphatic carbocycles. The summed E-state index contributed by atoms with van der Waals surface area (Å²) in [6.45, 7) is 3.32. The van der Waals surface area contributed by atoms with Gasteiger partial charge in [-0.25, -0.2) is 14.6 Å². The van der Waals surface area contributed by atoms with Crippen LogP contribution < -0.4 is 0 Å². The highest BCUT2D eigenvalue weighted by Gasteiger charge is 2.43. The van der Waals surface area contributed by atoms with E-state index in [1.54, 1.807) is 11.3 Å². The molecule has 1 saturated heterocycles. The monoisotopic (exact) mass is 559 g/mol. The van der Waals surface area contributed by atoms with Crippen LogP contribution in [0.4, 0.5) is 26.3 Å². The van der Waals surface area contributed by atoms with Crippen LogP contribution in [0.15, 0.2) is 36.1 Å². The van der Waals surface area contributed by atoms with E-state index in [1.165, 1.54) is 10.6 Å². The quantitative estimate of drug-likeness (QED) is 0.528. The van der Waals surface area contributed by atoms with Crippen LogP contribution in [0.25, 0.3) is 0 Å². The first-order valence-electron chi connectivity index (χ1n) is 10.6. The van der Waals surface area contributed by atoms with Gasteiger partial charge in [-0.3, -0.25) is 9.88 Å². The van der Waals surface area contributed by atoms with Crippen molar-refractivity contribution in [3.05, 3.63) is 46.7 Å². The number of thiazole rings is 1. The molecule has 0 radical (unpaired) electrons. The Balaban J connectivity index is 0.000000286. The molecule has 4 rings (SSSR count). The first-order chi connectivity index (χ1) is 17.3. The van der Waals surface area contributed by atoms with Crippen molar-refractivity contribution >= 4 is 23.3 Å². The van der Waals surface area contributed by atoms with Gasteiger partial charge in [-0.1, -0.05) is 0 Å². The van der Waals surface area contributed by atoms with Crippen LogP contribution >= 0.6 is 11.3 Å². The fourth-order valence-electron chi connectivity index (χ4n) is 3.55. The van der Waals surface area contributed by atoms with Crippen molar-refractivity contribution in [2.45, 2.75) is 56.6 Å². The highest BCUT2D eigenvalue weighted by atomic mass is 32.1. The van der Waals surface area contributed by atoms with Crippen molar-refractivity contribution in [2.24, 2.45) is 0 Å². The highest BCUT2D eigenvalue weighted by Crippen LogP contribution is 2.33. The number of carboxylic acids is 2. The molecule has 0 amide bonds. The number of morpholine rings is 1. The van der Waals surface area contributed by atoms with Gasteiger partial charge in [-0.2, -0.15) is 26.3 Å². The number of halogens is 6. The van der Waals surface area contributed by atoms with Crippen LogP contribution in [0.3, 0.4) is 0 Å². The summed E-state index contributed by atoms with van der Waals surface area (Å²) in [5.74, 6) is -5.51. The van der Waals surface area contributed by atoms with Crippen molar-refractivity contribution < 1.29 is 55.6 Å². The Morgan fingerprint density at radius 1 is 1.05 bits per heavy atom. The minimum absolute atomic E-state index is 0.186. The van der Waals surface area contributed by atoms with Gasteiger partial charge in [0.25, 0.3) is 0 Å². The molecule has 2 aromatic heterocycles. The lowest BCUT2D eigenvalue weighted by atomic mass is 10.1. The third kappa shape index (κ3) is 10.2. The molecular formula is C21H23F6N3O6S. The minimum Gasteiger partial charge on any atom is -0.475 e. The van der Waals surface area contributed by atoms with Gasteiger partial charge >= 0.3 is 24.3 Å². The summed E-state index contributed by atoms with van der Waals surface area (Å²) in [4.78, 5) is 28.8. The van der Waals surface area contributed by atoms with E-state index in [1.807, 2.05) is 36.1 Å². The third-order valence-corrected chi connectivity index (χ3v) is 5.94. The molecule has 0 spiro atoms. The summed E-state index contributed by atoms with van der Waals surface area (Å²) in [5, 5.41) is 17.5. The molecule has 0 bridgehead atoms. The fourth-order valence-corrected chi connectivity index (χ4v) is 4.19. The second kappa shape index (κ2) is 13.6. The number of aromatic nitrogens is 2. The van der Waals surface area contributed by atoms with Gasteiger partial charge in [0.1, 0.15) is 5.01 Å². The molecule has 2 aromatic rings. The van der Waals surface area contributed by atoms with Crippen LogP contribution in [-0.2, 0) is 32.2 Å². The van der Waals surface area contributed by atoms with Crippen molar-refractivity contribution in [3.8, 4) is 0 Å². The van der Waals surface area contributed by atoms with Gasteiger partial charge in [0, 0.05) is 36.6 Å². The molecule has 0 unspecified atom stereocenters. The number of carbonyl (C=O) groups is 2. The summed E-state index contributed by atoms with van der Waals surface area (Å²) in [5.41, 5.74) is 1.17. The van der Waals surface area contributed by atoms with Gasteiger partial charge in [0.15, 0.2) is 0 Å². The van der Waals surface area contributed by atoms with Gasteiger partial charge in [0.05, 0.1) is 32.0 Å². The summed E-state index contributed by atoms with van der Waals surface area (Å²) in [7, 11) is 0. The zero-order valence-electron chi connectivity index (χ0n) is 19.0. The molecule has 2 N–H and O–H groups in total. The van der Waals surface area contributed by atoms with Gasteiger partial charge < -0.3 is 19.7 Å². The third-order valence-electron chi connectivity index (χ3n) is 5.17. The number of nitrogens with zero attached hydrogens (tertiary/aromatic N) is 3. The summed E-state index contributed by atoms with van der Waals surface area (Å²) >= 11 is 1.73. The lowest BCUT2D eigenvalue weighted by Crippen LogP contribution is -2.51. The second-order valence-electron chi connectivity index (χ2n) is 7.69. The number of hydrogen-bond donors (Lipinski definition) is 2. The molecule has 2 fully saturated rings. The Labute approximate surface area is 210 Å². The first-order valence-corrected chi connectivity index (χ1v) is 11.5. The molecule has 206 valence electrons. The van der Waals surface area contributed by atoms with E-state index in [4.69, 9.17) is 29.3 Å². The Morgan fingerprint density at radius 2 is 1.65 bits per heavy atom. The largest absolute Gasteiger partial charge is 0.490 e. The standard InChI is InChI=1S/C17H21N3O2S.2C2HF3O2/c1-2-15(22-12-13-3-5-18-6-4-13)17-14(1)20(8-9-21-17)11-16-19-7-10-23-16;2*3-2(4,5)1(6)7/h3-7,10,14-15,17H,1-2,8-9,11-12H2;2*(H,6,7)/t14-,15-,17+;;/m0../s1. The van der Waals surface area contributed by atoms with E-state index < -0.39 is 24.3 Å². The number of ether oxygens (including phenoxy) is 2. The average molecular weight is 559 g/mol. The molecule has 2 aliphatic rings. The Kier molecular flexibility index (Phi) is 11.2. The van der Waals surface area contributed by atoms with E-state index in [0.29, 0.717) is 12.6 Å². The molecular weight excluding hydrogens is 536 g/mol. The number of pyridine rings is 1. The fraction of sp³-hybridized carbons (Fsp3) is 0.524. The number of carboxylic acid groups (broad SMARTS) is 2. The molecule has 3 heterocycles. The second-order valence-corrected chi connectivity index (χ2v) is 8.67. The van der Waals surface area contributed by atoms with Crippen LogP contribution in [-0.4, -0.2) is 80.8 Å². The molecule has 16 heteroatoms. The van der Waals surface area contributed by atoms with Gasteiger partial charge in [-0.15, -0.1) is 11.3 Å². The van der Waals surface area contributed by atoms with Crippen molar-refractivity contribution in [1.82, 2.24) is 14.9 Å². The Hall–Kier alpha value is -2.82. The highest BCUT2D eigenvalue weighted by molar-refractivity contribution is 7.09. The number of alkyl halides is 6. The lowest BCUT2D eigenvalue weighted by Gasteiger charge is -2.38. The predicted molar refractivity (Wildman–Crippen MR) is 115 cm³/mol. The maximum Gasteiger partial charge on any atom is 0.490 e. The van der Waals surface area contributed by atoms with Gasteiger partial charge in [-0.05, 0) is 30.5 Å². The summed E-state index contributed by atoms with van der Waals surface area (Å²) in [6.07, 6.45) is -2.09. The van der Waals surface area contributed by atoms with Crippen molar-refractivity contribution in [2.75, 3.05) is 13.2 Å². The van der Waals surface area contributed by atoms with E-state index in [9.17, 15) is 26.3 Å². The maximum absolute atomic E-state index is 10.6. The van der Waals surface area contributed by atoms with Crippen molar-refractivity contribution in [3.63, 3.8) is 0 Å². The van der Waals surface area contributed by atoms with Crippen LogP contribution in [0.5, 0.6) is 0 Å². The Bertz CT molecular complexity index is 953. The zero-order chi connectivity index (χ0) is 27.6. The van der Waals surface area contributed by atoms with E-state index in [2.05, 4.69) is 14.9 Å². The average Bonchev–Trinajstić information content (AvgIpc) is 3.48. The zero-order valence-corrected chi connectivity index (χ0v) is 19.8. The molecule has 3 atom stereocenters. The van der Waals surface area contributed by atoms with Crippen molar-refractivity contribution in [1.29, 1.82) is 0 Å². The van der Waals surface area contributed by atoms with E-state index in [-0.39, 0.29) is 12.2 Å². The van der Waals surface area contributed by atoms with E-state index in [0.717, 1.165) is 32.5 Å². The van der Waals surface area contributed by atoms with E-state index >= 15 is 0 Å². The molecule has 0 aromatic carbocycles. The normalized spacial score (nSPS) is 21.6. The van der Waals surface area contributed by atoms with Crippen LogP contribution in [0.1, 0.15) is 23.4 Å². The number of hydrogen-bond acceptors (Lipinski definition) is 8. The smallest absolute Gasteiger partial charge is 0.475 e. The van der Waals surface area contributed by atoms with Crippen LogP contribution in [0, 0.1) is 0 Å². The number of rotatable bonds is 5.